The first-order valence-electron chi connectivity index (χ1n) is 6.85. The number of ether oxygens (including phenoxy) is 3. The minimum Gasteiger partial charge on any atom is -0.490 e. The summed E-state index contributed by atoms with van der Waals surface area (Å²) in [5.74, 6) is 1.78. The molecule has 19 heavy (non-hydrogen) atoms. The van der Waals surface area contributed by atoms with Crippen molar-refractivity contribution in [2.24, 2.45) is 5.92 Å². The van der Waals surface area contributed by atoms with E-state index in [-0.39, 0.29) is 5.92 Å². The zero-order valence-corrected chi connectivity index (χ0v) is 11.2. The Labute approximate surface area is 113 Å². The standard InChI is InChI=1S/C15H20O4/c1-17-10-15(16,11-3-4-11)12-5-6-13-14(9-12)19-8-2-7-18-13/h5-6,9,11,16H,2-4,7-8,10H2,1H3. The highest BCUT2D eigenvalue weighted by molar-refractivity contribution is 5.45. The first kappa shape index (κ1) is 12.8. The lowest BCUT2D eigenvalue weighted by molar-refractivity contribution is -0.0534. The number of hydrogen-bond acceptors (Lipinski definition) is 4. The van der Waals surface area contributed by atoms with Crippen LogP contribution in [0.2, 0.25) is 0 Å². The Bertz CT molecular complexity index is 455. The zero-order valence-electron chi connectivity index (χ0n) is 11.2. The largest absolute Gasteiger partial charge is 0.490 e. The van der Waals surface area contributed by atoms with Gasteiger partial charge in [-0.3, -0.25) is 0 Å². The molecule has 1 saturated carbocycles. The van der Waals surface area contributed by atoms with E-state index in [9.17, 15) is 5.11 Å². The molecule has 4 nitrogen and oxygen atoms in total. The second-order valence-corrected chi connectivity index (χ2v) is 5.34. The molecule has 4 heteroatoms. The summed E-state index contributed by atoms with van der Waals surface area (Å²) in [7, 11) is 1.62. The summed E-state index contributed by atoms with van der Waals surface area (Å²) in [5, 5.41) is 10.9. The Balaban J connectivity index is 1.93. The van der Waals surface area contributed by atoms with Gasteiger partial charge in [0.1, 0.15) is 5.60 Å². The lowest BCUT2D eigenvalue weighted by atomic mass is 9.89. The maximum absolute atomic E-state index is 10.9. The van der Waals surface area contributed by atoms with E-state index in [1.165, 1.54) is 0 Å². The van der Waals surface area contributed by atoms with Crippen LogP contribution in [0.3, 0.4) is 0 Å². The van der Waals surface area contributed by atoms with Gasteiger partial charge in [-0.15, -0.1) is 0 Å². The van der Waals surface area contributed by atoms with Crippen LogP contribution in [0.15, 0.2) is 18.2 Å². The Hall–Kier alpha value is -1.26. The van der Waals surface area contributed by atoms with Crippen LogP contribution >= 0.6 is 0 Å². The summed E-state index contributed by atoms with van der Waals surface area (Å²) in [6, 6.07) is 5.71. The van der Waals surface area contributed by atoms with Gasteiger partial charge in [0.05, 0.1) is 19.8 Å². The first-order valence-corrected chi connectivity index (χ1v) is 6.85. The highest BCUT2D eigenvalue weighted by Crippen LogP contribution is 2.47. The molecule has 1 aromatic rings. The fourth-order valence-electron chi connectivity index (χ4n) is 2.65. The third-order valence-electron chi connectivity index (χ3n) is 3.86. The van der Waals surface area contributed by atoms with Crippen LogP contribution in [0, 0.1) is 5.92 Å². The topological polar surface area (TPSA) is 47.9 Å². The van der Waals surface area contributed by atoms with Crippen molar-refractivity contribution < 1.29 is 19.3 Å². The van der Waals surface area contributed by atoms with Crippen molar-refractivity contribution in [3.05, 3.63) is 23.8 Å². The van der Waals surface area contributed by atoms with Gasteiger partial charge in [0.25, 0.3) is 0 Å². The van der Waals surface area contributed by atoms with Gasteiger partial charge in [-0.1, -0.05) is 6.07 Å². The minimum absolute atomic E-state index is 0.289. The fourth-order valence-corrected chi connectivity index (χ4v) is 2.65. The lowest BCUT2D eigenvalue weighted by Gasteiger charge is -2.28. The predicted octanol–water partition coefficient (Wildman–Crippen LogP) is 2.09. The smallest absolute Gasteiger partial charge is 0.161 e. The van der Waals surface area contributed by atoms with Gasteiger partial charge in [0, 0.05) is 13.5 Å². The minimum atomic E-state index is -0.903. The monoisotopic (exact) mass is 264 g/mol. The number of aliphatic hydroxyl groups is 1. The Morgan fingerprint density at radius 2 is 2.00 bits per heavy atom. The number of rotatable bonds is 4. The SMILES string of the molecule is COCC(O)(c1ccc2c(c1)OCCCO2)C1CC1. The maximum Gasteiger partial charge on any atom is 0.161 e. The molecule has 1 fully saturated rings. The summed E-state index contributed by atoms with van der Waals surface area (Å²) in [6.45, 7) is 1.65. The summed E-state index contributed by atoms with van der Waals surface area (Å²) >= 11 is 0. The highest BCUT2D eigenvalue weighted by atomic mass is 16.5. The zero-order chi connectivity index (χ0) is 13.3. The predicted molar refractivity (Wildman–Crippen MR) is 70.5 cm³/mol. The molecule has 104 valence electrons. The van der Waals surface area contributed by atoms with E-state index in [1.54, 1.807) is 7.11 Å². The molecule has 3 rings (SSSR count). The van der Waals surface area contributed by atoms with Crippen LogP contribution in [0.4, 0.5) is 0 Å². The fraction of sp³-hybridized carbons (Fsp3) is 0.600. The van der Waals surface area contributed by atoms with E-state index < -0.39 is 5.60 Å². The van der Waals surface area contributed by atoms with Crippen molar-refractivity contribution in [3.8, 4) is 11.5 Å². The van der Waals surface area contributed by atoms with Gasteiger partial charge in [-0.2, -0.15) is 0 Å². The van der Waals surface area contributed by atoms with Crippen LogP contribution in [0.1, 0.15) is 24.8 Å². The molecule has 0 amide bonds. The van der Waals surface area contributed by atoms with E-state index in [0.29, 0.717) is 19.8 Å². The van der Waals surface area contributed by atoms with Crippen molar-refractivity contribution in [1.29, 1.82) is 0 Å². The summed E-state index contributed by atoms with van der Waals surface area (Å²) < 4.78 is 16.5. The van der Waals surface area contributed by atoms with Gasteiger partial charge in [0.15, 0.2) is 11.5 Å². The molecule has 1 unspecified atom stereocenters. The summed E-state index contributed by atoms with van der Waals surface area (Å²) in [5.41, 5.74) is -0.0412. The molecule has 0 saturated heterocycles. The van der Waals surface area contributed by atoms with Gasteiger partial charge in [0.2, 0.25) is 0 Å². The van der Waals surface area contributed by atoms with Crippen molar-refractivity contribution in [1.82, 2.24) is 0 Å². The lowest BCUT2D eigenvalue weighted by Crippen LogP contribution is -2.33. The average molecular weight is 264 g/mol. The molecule has 0 aromatic heterocycles. The van der Waals surface area contributed by atoms with Crippen molar-refractivity contribution in [3.63, 3.8) is 0 Å². The molecule has 1 atom stereocenters. The number of hydrogen-bond donors (Lipinski definition) is 1. The molecule has 1 heterocycles. The van der Waals surface area contributed by atoms with Gasteiger partial charge in [-0.25, -0.2) is 0 Å². The van der Waals surface area contributed by atoms with Crippen molar-refractivity contribution in [2.75, 3.05) is 26.9 Å². The summed E-state index contributed by atoms with van der Waals surface area (Å²) in [6.07, 6.45) is 2.98. The van der Waals surface area contributed by atoms with Crippen LogP contribution in [0.5, 0.6) is 11.5 Å². The van der Waals surface area contributed by atoms with Gasteiger partial charge in [-0.05, 0) is 36.5 Å². The normalized spacial score (nSPS) is 21.6. The van der Waals surface area contributed by atoms with Gasteiger partial charge < -0.3 is 19.3 Å². The van der Waals surface area contributed by atoms with Crippen LogP contribution in [-0.2, 0) is 10.3 Å². The average Bonchev–Trinajstić information content (AvgIpc) is 3.25. The Kier molecular flexibility index (Phi) is 3.37. The number of methoxy groups -OCH3 is 1. The maximum atomic E-state index is 10.9. The molecule has 1 aromatic carbocycles. The summed E-state index contributed by atoms with van der Waals surface area (Å²) in [4.78, 5) is 0. The molecule has 1 aliphatic heterocycles. The van der Waals surface area contributed by atoms with Crippen LogP contribution in [-0.4, -0.2) is 32.0 Å². The Morgan fingerprint density at radius 3 is 2.68 bits per heavy atom. The van der Waals surface area contributed by atoms with E-state index in [2.05, 4.69) is 0 Å². The van der Waals surface area contributed by atoms with Crippen LogP contribution in [0.25, 0.3) is 0 Å². The van der Waals surface area contributed by atoms with E-state index in [0.717, 1.165) is 36.3 Å². The van der Waals surface area contributed by atoms with Crippen molar-refractivity contribution >= 4 is 0 Å². The van der Waals surface area contributed by atoms with Crippen LogP contribution < -0.4 is 9.47 Å². The second-order valence-electron chi connectivity index (χ2n) is 5.34. The third kappa shape index (κ3) is 2.42. The molecule has 0 spiro atoms. The highest BCUT2D eigenvalue weighted by Gasteiger charge is 2.45. The first-order chi connectivity index (χ1) is 9.24. The molecule has 2 aliphatic rings. The van der Waals surface area contributed by atoms with E-state index in [1.807, 2.05) is 18.2 Å². The third-order valence-corrected chi connectivity index (χ3v) is 3.86. The van der Waals surface area contributed by atoms with Gasteiger partial charge >= 0.3 is 0 Å². The molecule has 0 radical (unpaired) electrons. The molecular formula is C15H20O4. The number of fused-ring (bicyclic) bond motifs is 1. The Morgan fingerprint density at radius 1 is 1.26 bits per heavy atom. The molecule has 1 aliphatic carbocycles. The quantitative estimate of drug-likeness (QED) is 0.904. The molecule has 1 N–H and O–H groups in total. The number of benzene rings is 1. The second kappa shape index (κ2) is 5.02. The van der Waals surface area contributed by atoms with Crippen molar-refractivity contribution in [2.45, 2.75) is 24.9 Å². The molecular weight excluding hydrogens is 244 g/mol. The van der Waals surface area contributed by atoms with E-state index >= 15 is 0 Å². The van der Waals surface area contributed by atoms with E-state index in [4.69, 9.17) is 14.2 Å². The molecule has 0 bridgehead atoms.